The molecular formula is C17H28N2O. The Hall–Kier alpha value is -1.06. The maximum Gasteiger partial charge on any atom is 0.123 e. The molecule has 0 aromatic heterocycles. The van der Waals surface area contributed by atoms with Gasteiger partial charge in [-0.1, -0.05) is 25.1 Å². The van der Waals surface area contributed by atoms with Crippen LogP contribution in [-0.2, 0) is 0 Å². The van der Waals surface area contributed by atoms with E-state index in [1.165, 1.54) is 31.5 Å². The third kappa shape index (κ3) is 3.97. The summed E-state index contributed by atoms with van der Waals surface area (Å²) in [5.41, 5.74) is 1.27. The van der Waals surface area contributed by atoms with Gasteiger partial charge in [-0.15, -0.1) is 0 Å². The van der Waals surface area contributed by atoms with Crippen molar-refractivity contribution in [2.75, 3.05) is 26.7 Å². The Balaban J connectivity index is 1.96. The highest BCUT2D eigenvalue weighted by molar-refractivity contribution is 5.35. The van der Waals surface area contributed by atoms with E-state index >= 15 is 0 Å². The van der Waals surface area contributed by atoms with Crippen LogP contribution in [0.2, 0.25) is 0 Å². The molecule has 0 aliphatic carbocycles. The first-order chi connectivity index (χ1) is 9.74. The molecule has 1 N–H and O–H groups in total. The summed E-state index contributed by atoms with van der Waals surface area (Å²) in [5, 5.41) is 3.76. The lowest BCUT2D eigenvalue weighted by Crippen LogP contribution is -2.39. The predicted molar refractivity (Wildman–Crippen MR) is 84.3 cm³/mol. The van der Waals surface area contributed by atoms with Gasteiger partial charge in [-0.2, -0.15) is 0 Å². The van der Waals surface area contributed by atoms with Crippen LogP contribution in [0.25, 0.3) is 0 Å². The van der Waals surface area contributed by atoms with Crippen molar-refractivity contribution < 1.29 is 4.74 Å². The van der Waals surface area contributed by atoms with Crippen LogP contribution < -0.4 is 10.1 Å². The van der Waals surface area contributed by atoms with Crippen molar-refractivity contribution in [2.45, 2.75) is 45.2 Å². The van der Waals surface area contributed by atoms with Crippen molar-refractivity contribution >= 4 is 0 Å². The van der Waals surface area contributed by atoms with Crippen molar-refractivity contribution in [3.8, 4) is 5.75 Å². The van der Waals surface area contributed by atoms with Crippen molar-refractivity contribution in [3.05, 3.63) is 29.8 Å². The highest BCUT2D eigenvalue weighted by Crippen LogP contribution is 2.27. The van der Waals surface area contributed by atoms with Crippen LogP contribution in [0.5, 0.6) is 5.75 Å². The maximum atomic E-state index is 5.49. The highest BCUT2D eigenvalue weighted by Gasteiger charge is 2.19. The molecule has 1 fully saturated rings. The zero-order valence-corrected chi connectivity index (χ0v) is 13.1. The SMILES string of the molecule is CCC(NC(C)CN1CCCC1)c1ccccc1OC. The average molecular weight is 276 g/mol. The average Bonchev–Trinajstić information content (AvgIpc) is 2.97. The van der Waals surface area contributed by atoms with Gasteiger partial charge in [-0.05, 0) is 45.3 Å². The quantitative estimate of drug-likeness (QED) is 0.827. The van der Waals surface area contributed by atoms with E-state index in [0.717, 1.165) is 18.7 Å². The normalized spacial score (nSPS) is 18.9. The second kappa shape index (κ2) is 7.65. The van der Waals surface area contributed by atoms with Crippen LogP contribution in [0.3, 0.4) is 0 Å². The third-order valence-corrected chi connectivity index (χ3v) is 4.14. The molecule has 20 heavy (non-hydrogen) atoms. The molecule has 2 unspecified atom stereocenters. The lowest BCUT2D eigenvalue weighted by atomic mass is 10.0. The van der Waals surface area contributed by atoms with Crippen LogP contribution in [0, 0.1) is 0 Å². The van der Waals surface area contributed by atoms with E-state index in [0.29, 0.717) is 12.1 Å². The second-order valence-electron chi connectivity index (χ2n) is 5.78. The largest absolute Gasteiger partial charge is 0.496 e. The van der Waals surface area contributed by atoms with E-state index in [9.17, 15) is 0 Å². The van der Waals surface area contributed by atoms with Crippen LogP contribution >= 0.6 is 0 Å². The van der Waals surface area contributed by atoms with Gasteiger partial charge >= 0.3 is 0 Å². The smallest absolute Gasteiger partial charge is 0.123 e. The standard InChI is InChI=1S/C17H28N2O/c1-4-16(15-9-5-6-10-17(15)20-3)18-14(2)13-19-11-7-8-12-19/h5-6,9-10,14,16,18H,4,7-8,11-13H2,1-3H3. The molecule has 0 bridgehead atoms. The van der Waals surface area contributed by atoms with Gasteiger partial charge in [-0.3, -0.25) is 0 Å². The van der Waals surface area contributed by atoms with Crippen LogP contribution in [0.4, 0.5) is 0 Å². The van der Waals surface area contributed by atoms with E-state index in [4.69, 9.17) is 4.74 Å². The molecule has 1 aromatic carbocycles. The Bertz CT molecular complexity index is 402. The summed E-state index contributed by atoms with van der Waals surface area (Å²) in [4.78, 5) is 2.56. The summed E-state index contributed by atoms with van der Waals surface area (Å²) in [6.07, 6.45) is 3.79. The van der Waals surface area contributed by atoms with Gasteiger partial charge in [0.25, 0.3) is 0 Å². The molecule has 3 nitrogen and oxygen atoms in total. The van der Waals surface area contributed by atoms with Gasteiger partial charge in [0.2, 0.25) is 0 Å². The molecule has 0 spiro atoms. The Morgan fingerprint density at radius 1 is 1.25 bits per heavy atom. The Morgan fingerprint density at radius 3 is 2.60 bits per heavy atom. The summed E-state index contributed by atoms with van der Waals surface area (Å²) in [6, 6.07) is 9.20. The molecule has 1 saturated heterocycles. The summed E-state index contributed by atoms with van der Waals surface area (Å²) >= 11 is 0. The number of para-hydroxylation sites is 1. The molecule has 2 rings (SSSR count). The van der Waals surface area contributed by atoms with Gasteiger partial charge in [0.05, 0.1) is 7.11 Å². The first kappa shape index (κ1) is 15.3. The number of nitrogens with one attached hydrogen (secondary N) is 1. The molecular weight excluding hydrogens is 248 g/mol. The molecule has 0 radical (unpaired) electrons. The molecule has 1 aliphatic heterocycles. The Labute approximate surface area is 123 Å². The topological polar surface area (TPSA) is 24.5 Å². The molecule has 0 saturated carbocycles. The number of methoxy groups -OCH3 is 1. The molecule has 3 heteroatoms. The van der Waals surface area contributed by atoms with Gasteiger partial charge in [0.15, 0.2) is 0 Å². The summed E-state index contributed by atoms with van der Waals surface area (Å²) in [7, 11) is 1.75. The number of rotatable bonds is 7. The number of likely N-dealkylation sites (tertiary alicyclic amines) is 1. The Morgan fingerprint density at radius 2 is 1.95 bits per heavy atom. The van der Waals surface area contributed by atoms with Gasteiger partial charge < -0.3 is 15.0 Å². The van der Waals surface area contributed by atoms with E-state index < -0.39 is 0 Å². The number of hydrogen-bond acceptors (Lipinski definition) is 3. The van der Waals surface area contributed by atoms with Crippen molar-refractivity contribution in [1.29, 1.82) is 0 Å². The molecule has 1 aromatic rings. The predicted octanol–water partition coefficient (Wildman–Crippen LogP) is 3.22. The van der Waals surface area contributed by atoms with Crippen LogP contribution in [0.15, 0.2) is 24.3 Å². The minimum Gasteiger partial charge on any atom is -0.496 e. The van der Waals surface area contributed by atoms with E-state index in [-0.39, 0.29) is 0 Å². The molecule has 0 amide bonds. The van der Waals surface area contributed by atoms with Crippen molar-refractivity contribution in [3.63, 3.8) is 0 Å². The molecule has 1 aliphatic rings. The molecule has 1 heterocycles. The van der Waals surface area contributed by atoms with Gasteiger partial charge in [-0.25, -0.2) is 0 Å². The fraction of sp³-hybridized carbons (Fsp3) is 0.647. The van der Waals surface area contributed by atoms with E-state index in [2.05, 4.69) is 36.2 Å². The monoisotopic (exact) mass is 276 g/mol. The summed E-state index contributed by atoms with van der Waals surface area (Å²) in [5.74, 6) is 0.986. The number of nitrogens with zero attached hydrogens (tertiary/aromatic N) is 1. The van der Waals surface area contributed by atoms with Crippen molar-refractivity contribution in [1.82, 2.24) is 10.2 Å². The third-order valence-electron chi connectivity index (χ3n) is 4.14. The molecule has 112 valence electrons. The maximum absolute atomic E-state index is 5.49. The first-order valence-electron chi connectivity index (χ1n) is 7.86. The summed E-state index contributed by atoms with van der Waals surface area (Å²) < 4.78 is 5.49. The zero-order valence-electron chi connectivity index (χ0n) is 13.1. The Kier molecular flexibility index (Phi) is 5.86. The van der Waals surface area contributed by atoms with Gasteiger partial charge in [0, 0.05) is 24.2 Å². The van der Waals surface area contributed by atoms with E-state index in [1.807, 2.05) is 12.1 Å². The van der Waals surface area contributed by atoms with Crippen LogP contribution in [0.1, 0.15) is 44.7 Å². The van der Waals surface area contributed by atoms with Crippen molar-refractivity contribution in [2.24, 2.45) is 0 Å². The minimum absolute atomic E-state index is 0.365. The minimum atomic E-state index is 0.365. The molecule has 2 atom stereocenters. The first-order valence-corrected chi connectivity index (χ1v) is 7.86. The van der Waals surface area contributed by atoms with Crippen LogP contribution in [-0.4, -0.2) is 37.7 Å². The zero-order chi connectivity index (χ0) is 14.4. The lowest BCUT2D eigenvalue weighted by molar-refractivity contribution is 0.282. The summed E-state index contributed by atoms with van der Waals surface area (Å²) in [6.45, 7) is 8.18. The second-order valence-corrected chi connectivity index (χ2v) is 5.78. The lowest BCUT2D eigenvalue weighted by Gasteiger charge is -2.27. The van der Waals surface area contributed by atoms with E-state index in [1.54, 1.807) is 7.11 Å². The highest BCUT2D eigenvalue weighted by atomic mass is 16.5. The number of hydrogen-bond donors (Lipinski definition) is 1. The fourth-order valence-corrected chi connectivity index (χ4v) is 3.13. The number of ether oxygens (including phenoxy) is 1. The number of benzene rings is 1. The van der Waals surface area contributed by atoms with Gasteiger partial charge in [0.1, 0.15) is 5.75 Å². The fourth-order valence-electron chi connectivity index (χ4n) is 3.13.